The molecule has 1 atom stereocenters. The number of phenols is 1. The van der Waals surface area contributed by atoms with Gasteiger partial charge in [0.2, 0.25) is 0 Å². The van der Waals surface area contributed by atoms with Crippen LogP contribution in [0.15, 0.2) is 68.0 Å². The van der Waals surface area contributed by atoms with Crippen LogP contribution in [0.25, 0.3) is 6.08 Å². The molecule has 2 heterocycles. The maximum Gasteiger partial charge on any atom is 0.338 e. The first-order chi connectivity index (χ1) is 15.3. The van der Waals surface area contributed by atoms with Crippen molar-refractivity contribution in [2.24, 2.45) is 4.99 Å². The number of halogens is 1. The molecule has 1 N–H and O–H groups in total. The monoisotopic (exact) mass is 514 g/mol. The van der Waals surface area contributed by atoms with Crippen molar-refractivity contribution in [3.8, 4) is 11.5 Å². The highest BCUT2D eigenvalue weighted by atomic mass is 79.9. The molecule has 164 valence electrons. The summed E-state index contributed by atoms with van der Waals surface area (Å²) >= 11 is 4.53. The number of ether oxygens (including phenoxy) is 2. The average Bonchev–Trinajstić information content (AvgIpc) is 3.09. The minimum atomic E-state index is -0.650. The Morgan fingerprint density at radius 2 is 1.97 bits per heavy atom. The van der Waals surface area contributed by atoms with E-state index in [0.717, 1.165) is 5.56 Å². The molecule has 0 unspecified atom stereocenters. The van der Waals surface area contributed by atoms with E-state index >= 15 is 0 Å². The molecule has 0 saturated carbocycles. The number of nitrogens with zero attached hydrogens (tertiary/aromatic N) is 2. The maximum atomic E-state index is 13.5. The van der Waals surface area contributed by atoms with Gasteiger partial charge in [-0.25, -0.2) is 9.79 Å². The van der Waals surface area contributed by atoms with Gasteiger partial charge < -0.3 is 14.6 Å². The Kier molecular flexibility index (Phi) is 6.03. The highest BCUT2D eigenvalue weighted by Crippen LogP contribution is 2.35. The van der Waals surface area contributed by atoms with Gasteiger partial charge in [-0.05, 0) is 52.2 Å². The van der Waals surface area contributed by atoms with Gasteiger partial charge in [-0.15, -0.1) is 0 Å². The van der Waals surface area contributed by atoms with Crippen LogP contribution < -0.4 is 19.6 Å². The lowest BCUT2D eigenvalue weighted by atomic mass is 9.96. The Labute approximate surface area is 195 Å². The van der Waals surface area contributed by atoms with Gasteiger partial charge >= 0.3 is 5.97 Å². The van der Waals surface area contributed by atoms with Crippen LogP contribution in [0.2, 0.25) is 0 Å². The molecule has 0 fully saturated rings. The molecule has 32 heavy (non-hydrogen) atoms. The van der Waals surface area contributed by atoms with Crippen molar-refractivity contribution in [2.75, 3.05) is 14.2 Å². The van der Waals surface area contributed by atoms with Crippen molar-refractivity contribution in [2.45, 2.75) is 13.0 Å². The van der Waals surface area contributed by atoms with Crippen molar-refractivity contribution in [3.05, 3.63) is 89.0 Å². The van der Waals surface area contributed by atoms with E-state index < -0.39 is 12.0 Å². The van der Waals surface area contributed by atoms with Gasteiger partial charge in [0.1, 0.15) is 0 Å². The Bertz CT molecular complexity index is 1420. The number of carbonyl (C=O) groups excluding carboxylic acids is 1. The van der Waals surface area contributed by atoms with E-state index in [1.54, 1.807) is 25.1 Å². The third-order valence-corrected chi connectivity index (χ3v) is 6.70. The zero-order chi connectivity index (χ0) is 23.0. The van der Waals surface area contributed by atoms with E-state index in [-0.39, 0.29) is 17.1 Å². The number of hydrogen-bond donors (Lipinski definition) is 1. The van der Waals surface area contributed by atoms with Crippen LogP contribution in [-0.2, 0) is 9.53 Å². The minimum Gasteiger partial charge on any atom is -0.503 e. The number of carbonyl (C=O) groups is 1. The van der Waals surface area contributed by atoms with Crippen LogP contribution in [0, 0.1) is 0 Å². The second-order valence-corrected chi connectivity index (χ2v) is 8.90. The Morgan fingerprint density at radius 3 is 2.62 bits per heavy atom. The third kappa shape index (κ3) is 3.78. The number of methoxy groups -OCH3 is 2. The number of aromatic nitrogens is 1. The first-order valence-electron chi connectivity index (χ1n) is 9.58. The van der Waals surface area contributed by atoms with Crippen molar-refractivity contribution in [1.29, 1.82) is 0 Å². The zero-order valence-corrected chi connectivity index (χ0v) is 19.9. The molecule has 0 aliphatic carbocycles. The summed E-state index contributed by atoms with van der Waals surface area (Å²) in [6.45, 7) is 1.74. The van der Waals surface area contributed by atoms with Gasteiger partial charge in [0.05, 0.1) is 40.5 Å². The van der Waals surface area contributed by atoms with Crippen LogP contribution >= 0.6 is 27.3 Å². The molecule has 2 aromatic carbocycles. The van der Waals surface area contributed by atoms with Gasteiger partial charge in [-0.3, -0.25) is 9.36 Å². The number of hydrogen-bond acceptors (Lipinski definition) is 7. The summed E-state index contributed by atoms with van der Waals surface area (Å²) in [5, 5.41) is 10.1. The molecule has 9 heteroatoms. The topological polar surface area (TPSA) is 90.1 Å². The van der Waals surface area contributed by atoms with E-state index in [1.165, 1.54) is 30.1 Å². The Morgan fingerprint density at radius 1 is 1.25 bits per heavy atom. The second-order valence-electron chi connectivity index (χ2n) is 7.04. The predicted octanol–water partition coefficient (Wildman–Crippen LogP) is 2.88. The molecule has 4 rings (SSSR count). The predicted molar refractivity (Wildman–Crippen MR) is 125 cm³/mol. The summed E-state index contributed by atoms with van der Waals surface area (Å²) in [6, 6.07) is 12.0. The average molecular weight is 515 g/mol. The molecule has 0 spiro atoms. The lowest BCUT2D eigenvalue weighted by Gasteiger charge is -2.24. The van der Waals surface area contributed by atoms with Crippen LogP contribution in [0.5, 0.6) is 11.5 Å². The van der Waals surface area contributed by atoms with Gasteiger partial charge in [0.15, 0.2) is 16.3 Å². The molecule has 0 saturated heterocycles. The van der Waals surface area contributed by atoms with Crippen LogP contribution in [0.3, 0.4) is 0 Å². The molecule has 0 radical (unpaired) electrons. The van der Waals surface area contributed by atoms with Gasteiger partial charge in [-0.1, -0.05) is 41.7 Å². The summed E-state index contributed by atoms with van der Waals surface area (Å²) in [5.41, 5.74) is 2.00. The number of esters is 1. The number of aromatic hydroxyl groups is 1. The summed E-state index contributed by atoms with van der Waals surface area (Å²) < 4.78 is 12.6. The number of benzene rings is 2. The summed E-state index contributed by atoms with van der Waals surface area (Å²) in [6.07, 6.45) is 1.70. The van der Waals surface area contributed by atoms with E-state index in [2.05, 4.69) is 20.9 Å². The van der Waals surface area contributed by atoms with Gasteiger partial charge in [-0.2, -0.15) is 0 Å². The largest absolute Gasteiger partial charge is 0.503 e. The molecule has 0 amide bonds. The highest BCUT2D eigenvalue weighted by Gasteiger charge is 2.32. The minimum absolute atomic E-state index is 0.0199. The molecule has 0 bridgehead atoms. The maximum absolute atomic E-state index is 13.5. The van der Waals surface area contributed by atoms with E-state index in [9.17, 15) is 14.7 Å². The van der Waals surface area contributed by atoms with Crippen LogP contribution in [0.1, 0.15) is 24.1 Å². The number of fused-ring (bicyclic) bond motifs is 1. The molecule has 1 aromatic heterocycles. The second kappa shape index (κ2) is 8.76. The normalized spacial score (nSPS) is 15.9. The molecular formula is C23H19BrN2O5S. The SMILES string of the molecule is COC(=O)C1=C(C)N=c2s/c(=C\c3cc(Br)c(O)c(OC)c3)c(=O)n2[C@@H]1c1ccccc1. The number of phenolic OH excluding ortho intramolecular Hbond substituents is 1. The fourth-order valence-corrected chi connectivity index (χ4v) is 5.13. The first-order valence-corrected chi connectivity index (χ1v) is 11.2. The first kappa shape index (κ1) is 22.0. The summed E-state index contributed by atoms with van der Waals surface area (Å²) in [5.74, 6) is -0.264. The number of thiazole rings is 1. The summed E-state index contributed by atoms with van der Waals surface area (Å²) in [7, 11) is 2.77. The van der Waals surface area contributed by atoms with E-state index in [0.29, 0.717) is 30.6 Å². The zero-order valence-electron chi connectivity index (χ0n) is 17.5. The molecule has 1 aliphatic rings. The van der Waals surface area contributed by atoms with E-state index in [4.69, 9.17) is 9.47 Å². The smallest absolute Gasteiger partial charge is 0.338 e. The highest BCUT2D eigenvalue weighted by molar-refractivity contribution is 9.10. The van der Waals surface area contributed by atoms with E-state index in [1.807, 2.05) is 30.3 Å². The lowest BCUT2D eigenvalue weighted by Crippen LogP contribution is -2.39. The summed E-state index contributed by atoms with van der Waals surface area (Å²) in [4.78, 5) is 31.1. The Balaban J connectivity index is 1.97. The quantitative estimate of drug-likeness (QED) is 0.540. The number of rotatable bonds is 4. The van der Waals surface area contributed by atoms with Gasteiger partial charge in [0, 0.05) is 0 Å². The van der Waals surface area contributed by atoms with Crippen LogP contribution in [-0.4, -0.2) is 29.9 Å². The van der Waals surface area contributed by atoms with Crippen molar-refractivity contribution in [1.82, 2.24) is 4.57 Å². The molecular weight excluding hydrogens is 496 g/mol. The molecule has 3 aromatic rings. The Hall–Kier alpha value is -3.17. The van der Waals surface area contributed by atoms with Crippen molar-refractivity contribution < 1.29 is 19.4 Å². The van der Waals surface area contributed by atoms with Crippen molar-refractivity contribution >= 4 is 39.3 Å². The lowest BCUT2D eigenvalue weighted by molar-refractivity contribution is -0.136. The molecule has 7 nitrogen and oxygen atoms in total. The standard InChI is InChI=1S/C23H19BrN2O5S/c1-12-18(22(29)31-3)19(14-7-5-4-6-8-14)26-21(28)17(32-23(26)25-12)11-13-9-15(24)20(27)16(10-13)30-2/h4-11,19,27H,1-3H3/b17-11-/t19-/m1/s1. The number of allylic oxidation sites excluding steroid dienone is 1. The van der Waals surface area contributed by atoms with Crippen molar-refractivity contribution in [3.63, 3.8) is 0 Å². The van der Waals surface area contributed by atoms with Crippen LogP contribution in [0.4, 0.5) is 0 Å². The fourth-order valence-electron chi connectivity index (χ4n) is 3.63. The fraction of sp³-hybridized carbons (Fsp3) is 0.174. The molecule has 1 aliphatic heterocycles. The third-order valence-electron chi connectivity index (χ3n) is 5.11. The van der Waals surface area contributed by atoms with Gasteiger partial charge in [0.25, 0.3) is 5.56 Å².